The van der Waals surface area contributed by atoms with Gasteiger partial charge >= 0.3 is 0 Å². The maximum Gasteiger partial charge on any atom is 0.0577 e. The predicted molar refractivity (Wildman–Crippen MR) is 89.2 cm³/mol. The van der Waals surface area contributed by atoms with E-state index in [1.807, 2.05) is 6.07 Å². The summed E-state index contributed by atoms with van der Waals surface area (Å²) in [7, 11) is 0. The van der Waals surface area contributed by atoms with E-state index in [9.17, 15) is 0 Å². The largest absolute Gasteiger partial charge is 0.364 e. The SMILES string of the molecule is Cc1ccc(N2CCC3c4ccc(Cl)cc4C2[C@H]3C)cc1. The molecule has 1 aliphatic heterocycles. The van der Waals surface area contributed by atoms with Gasteiger partial charge in [-0.1, -0.05) is 42.3 Å². The Morgan fingerprint density at radius 3 is 2.57 bits per heavy atom. The molecule has 1 saturated heterocycles. The van der Waals surface area contributed by atoms with Gasteiger partial charge in [-0.3, -0.25) is 0 Å². The van der Waals surface area contributed by atoms with E-state index in [1.54, 1.807) is 0 Å². The molecule has 0 amide bonds. The third-order valence-corrected chi connectivity index (χ3v) is 5.52. The summed E-state index contributed by atoms with van der Waals surface area (Å²) < 4.78 is 0. The van der Waals surface area contributed by atoms with Gasteiger partial charge in [0.2, 0.25) is 0 Å². The van der Waals surface area contributed by atoms with Crippen molar-refractivity contribution in [3.05, 3.63) is 64.2 Å². The van der Waals surface area contributed by atoms with Crippen LogP contribution in [-0.2, 0) is 0 Å². The van der Waals surface area contributed by atoms with E-state index < -0.39 is 0 Å². The summed E-state index contributed by atoms with van der Waals surface area (Å²) in [6.07, 6.45) is 1.24. The minimum Gasteiger partial charge on any atom is -0.364 e. The van der Waals surface area contributed by atoms with Gasteiger partial charge < -0.3 is 4.90 Å². The second-order valence-corrected chi connectivity index (χ2v) is 6.94. The fourth-order valence-corrected chi connectivity index (χ4v) is 4.42. The van der Waals surface area contributed by atoms with Gasteiger partial charge in [-0.15, -0.1) is 0 Å². The van der Waals surface area contributed by atoms with Gasteiger partial charge in [0.05, 0.1) is 6.04 Å². The summed E-state index contributed by atoms with van der Waals surface area (Å²) >= 11 is 6.26. The molecule has 1 nitrogen and oxygen atoms in total. The predicted octanol–water partition coefficient (Wildman–Crippen LogP) is 5.33. The highest BCUT2D eigenvalue weighted by Gasteiger charge is 2.44. The Kier molecular flexibility index (Phi) is 3.00. The van der Waals surface area contributed by atoms with Crippen molar-refractivity contribution in [2.75, 3.05) is 11.4 Å². The number of benzene rings is 2. The number of aryl methyl sites for hydroxylation is 1. The number of hydrogen-bond donors (Lipinski definition) is 0. The Bertz CT molecular complexity index is 676. The Morgan fingerprint density at radius 1 is 1.05 bits per heavy atom. The second kappa shape index (κ2) is 4.78. The van der Waals surface area contributed by atoms with Crippen LogP contribution in [0.3, 0.4) is 0 Å². The van der Waals surface area contributed by atoms with E-state index in [0.717, 1.165) is 11.6 Å². The monoisotopic (exact) mass is 297 g/mol. The molecule has 1 fully saturated rings. The number of hydrogen-bond acceptors (Lipinski definition) is 1. The molecule has 1 heterocycles. The van der Waals surface area contributed by atoms with Crippen molar-refractivity contribution < 1.29 is 0 Å². The summed E-state index contributed by atoms with van der Waals surface area (Å²) in [5.41, 5.74) is 5.62. The molecule has 2 heteroatoms. The standard InChI is InChI=1S/C19H20ClN/c1-12-3-6-15(7-4-12)21-10-9-16-13(2)19(21)18-11-14(20)5-8-17(16)18/h3-8,11,13,16,19H,9-10H2,1-2H3/t13-,16?,19?/m0/s1. The zero-order chi connectivity index (χ0) is 14.6. The lowest BCUT2D eigenvalue weighted by Crippen LogP contribution is -2.37. The van der Waals surface area contributed by atoms with Crippen molar-refractivity contribution in [1.82, 2.24) is 0 Å². The van der Waals surface area contributed by atoms with Crippen molar-refractivity contribution in [2.24, 2.45) is 5.92 Å². The van der Waals surface area contributed by atoms with Crippen LogP contribution >= 0.6 is 11.6 Å². The van der Waals surface area contributed by atoms with Gasteiger partial charge in [0, 0.05) is 17.3 Å². The highest BCUT2D eigenvalue weighted by Crippen LogP contribution is 2.54. The molecule has 21 heavy (non-hydrogen) atoms. The van der Waals surface area contributed by atoms with Crippen LogP contribution < -0.4 is 4.90 Å². The van der Waals surface area contributed by atoms with Gasteiger partial charge in [0.25, 0.3) is 0 Å². The molecular weight excluding hydrogens is 278 g/mol. The average Bonchev–Trinajstić information content (AvgIpc) is 2.64. The van der Waals surface area contributed by atoms with E-state index in [4.69, 9.17) is 11.6 Å². The lowest BCUT2D eigenvalue weighted by Gasteiger charge is -2.40. The summed E-state index contributed by atoms with van der Waals surface area (Å²) in [6, 6.07) is 15.9. The molecule has 2 aliphatic rings. The van der Waals surface area contributed by atoms with Crippen molar-refractivity contribution in [1.29, 1.82) is 0 Å². The molecule has 2 aromatic rings. The number of rotatable bonds is 1. The number of nitrogens with zero attached hydrogens (tertiary/aromatic N) is 1. The van der Waals surface area contributed by atoms with Gasteiger partial charge in [0.15, 0.2) is 0 Å². The molecule has 0 saturated carbocycles. The number of anilines is 1. The molecule has 2 aromatic carbocycles. The van der Waals surface area contributed by atoms with E-state index >= 15 is 0 Å². The van der Waals surface area contributed by atoms with Crippen LogP contribution in [0.1, 0.15) is 42.0 Å². The third kappa shape index (κ3) is 1.98. The topological polar surface area (TPSA) is 3.24 Å². The summed E-state index contributed by atoms with van der Waals surface area (Å²) in [5.74, 6) is 1.36. The molecule has 0 radical (unpaired) electrons. The minimum absolute atomic E-state index is 0.472. The Morgan fingerprint density at radius 2 is 1.81 bits per heavy atom. The Hall–Kier alpha value is -1.47. The molecule has 0 N–H and O–H groups in total. The van der Waals surface area contributed by atoms with Crippen molar-refractivity contribution in [3.8, 4) is 0 Å². The first-order valence-electron chi connectivity index (χ1n) is 7.78. The first-order valence-corrected chi connectivity index (χ1v) is 8.15. The Labute approximate surface area is 131 Å². The smallest absolute Gasteiger partial charge is 0.0577 e. The normalized spacial score (nSPS) is 26.8. The molecule has 3 atom stereocenters. The van der Waals surface area contributed by atoms with Crippen LogP contribution in [0, 0.1) is 12.8 Å². The lowest BCUT2D eigenvalue weighted by molar-refractivity contribution is 0.342. The Balaban J connectivity index is 1.80. The van der Waals surface area contributed by atoms with Gasteiger partial charge in [0.1, 0.15) is 0 Å². The second-order valence-electron chi connectivity index (χ2n) is 6.50. The van der Waals surface area contributed by atoms with Crippen LogP contribution in [0.2, 0.25) is 5.02 Å². The quantitative estimate of drug-likeness (QED) is 0.687. The molecule has 2 unspecified atom stereocenters. The minimum atomic E-state index is 0.472. The van der Waals surface area contributed by atoms with Crippen LogP contribution in [-0.4, -0.2) is 6.54 Å². The maximum absolute atomic E-state index is 6.26. The summed E-state index contributed by atoms with van der Waals surface area (Å²) in [6.45, 7) is 5.67. The molecule has 0 spiro atoms. The fraction of sp³-hybridized carbons (Fsp3) is 0.368. The third-order valence-electron chi connectivity index (χ3n) is 5.28. The molecule has 2 bridgehead atoms. The van der Waals surface area contributed by atoms with Crippen LogP contribution in [0.15, 0.2) is 42.5 Å². The van der Waals surface area contributed by atoms with Crippen molar-refractivity contribution in [2.45, 2.75) is 32.2 Å². The highest BCUT2D eigenvalue weighted by atomic mass is 35.5. The van der Waals surface area contributed by atoms with Gasteiger partial charge in [-0.05, 0) is 60.6 Å². The zero-order valence-electron chi connectivity index (χ0n) is 12.5. The fourth-order valence-electron chi connectivity index (χ4n) is 4.24. The average molecular weight is 298 g/mol. The first-order chi connectivity index (χ1) is 10.1. The summed E-state index contributed by atoms with van der Waals surface area (Å²) in [4.78, 5) is 2.57. The van der Waals surface area contributed by atoms with E-state index in [-0.39, 0.29) is 0 Å². The summed E-state index contributed by atoms with van der Waals surface area (Å²) in [5, 5.41) is 0.859. The van der Waals surface area contributed by atoms with E-state index in [1.165, 1.54) is 28.8 Å². The molecule has 0 aromatic heterocycles. The highest BCUT2D eigenvalue weighted by molar-refractivity contribution is 6.30. The van der Waals surface area contributed by atoms with E-state index in [2.05, 4.69) is 55.1 Å². The number of fused-ring (bicyclic) bond motifs is 5. The first kappa shape index (κ1) is 13.2. The lowest BCUT2D eigenvalue weighted by atomic mass is 9.85. The van der Waals surface area contributed by atoms with Gasteiger partial charge in [-0.2, -0.15) is 0 Å². The van der Waals surface area contributed by atoms with Crippen molar-refractivity contribution in [3.63, 3.8) is 0 Å². The number of piperidine rings is 1. The van der Waals surface area contributed by atoms with Crippen LogP contribution in [0.4, 0.5) is 5.69 Å². The van der Waals surface area contributed by atoms with E-state index in [0.29, 0.717) is 17.9 Å². The molecule has 108 valence electrons. The molecule has 4 rings (SSSR count). The zero-order valence-corrected chi connectivity index (χ0v) is 13.3. The molecular formula is C19H20ClN. The maximum atomic E-state index is 6.26. The van der Waals surface area contributed by atoms with Gasteiger partial charge in [-0.25, -0.2) is 0 Å². The van der Waals surface area contributed by atoms with Crippen LogP contribution in [0.25, 0.3) is 0 Å². The number of halogens is 1. The molecule has 1 aliphatic carbocycles. The van der Waals surface area contributed by atoms with Crippen molar-refractivity contribution >= 4 is 17.3 Å². The van der Waals surface area contributed by atoms with Crippen LogP contribution in [0.5, 0.6) is 0 Å².